The van der Waals surface area contributed by atoms with Gasteiger partial charge >= 0.3 is 5.97 Å². The van der Waals surface area contributed by atoms with Gasteiger partial charge in [0.2, 0.25) is 5.88 Å². The molecule has 0 saturated carbocycles. The van der Waals surface area contributed by atoms with Crippen LogP contribution in [0.15, 0.2) is 47.7 Å². The minimum Gasteiger partial charge on any atom is -0.493 e. The molecule has 0 bridgehead atoms. The van der Waals surface area contributed by atoms with Crippen molar-refractivity contribution >= 4 is 11.8 Å². The largest absolute Gasteiger partial charge is 0.493 e. The van der Waals surface area contributed by atoms with Crippen LogP contribution in [-0.4, -0.2) is 33.3 Å². The van der Waals surface area contributed by atoms with Crippen molar-refractivity contribution in [1.82, 2.24) is 9.78 Å². The summed E-state index contributed by atoms with van der Waals surface area (Å²) in [6.07, 6.45) is 5.86. The normalized spacial score (nSPS) is 21.0. The predicted molar refractivity (Wildman–Crippen MR) is 94.5 cm³/mol. The average Bonchev–Trinajstić information content (AvgIpc) is 3.29. The minimum atomic E-state index is -1.01. The van der Waals surface area contributed by atoms with E-state index in [1.807, 2.05) is 12.1 Å². The molecule has 0 radical (unpaired) electrons. The fraction of sp³-hybridized carbons (Fsp3) is 0.316. The van der Waals surface area contributed by atoms with E-state index in [1.165, 1.54) is 11.8 Å². The molecular weight excluding hydrogens is 334 g/mol. The van der Waals surface area contributed by atoms with Crippen molar-refractivity contribution in [3.8, 4) is 11.6 Å². The highest BCUT2D eigenvalue weighted by Crippen LogP contribution is 2.31. The zero-order chi connectivity index (χ0) is 18.1. The van der Waals surface area contributed by atoms with Gasteiger partial charge in [-0.15, -0.1) is 0 Å². The van der Waals surface area contributed by atoms with Gasteiger partial charge in [0.25, 0.3) is 0 Å². The third kappa shape index (κ3) is 2.85. The lowest BCUT2D eigenvalue weighted by Crippen LogP contribution is -2.33. The monoisotopic (exact) mass is 353 g/mol. The number of rotatable bonds is 4. The molecule has 1 aromatic heterocycles. The summed E-state index contributed by atoms with van der Waals surface area (Å²) in [7, 11) is 0. The second-order valence-corrected chi connectivity index (χ2v) is 6.63. The summed E-state index contributed by atoms with van der Waals surface area (Å²) in [4.78, 5) is 15.8. The Bertz CT molecular complexity index is 915. The molecule has 4 rings (SSSR count). The summed E-state index contributed by atoms with van der Waals surface area (Å²) < 4.78 is 13.2. The number of carbonyl (C=O) groups is 1. The van der Waals surface area contributed by atoms with E-state index in [2.05, 4.69) is 16.2 Å². The highest BCUT2D eigenvalue weighted by Gasteiger charge is 2.35. The summed E-state index contributed by atoms with van der Waals surface area (Å²) in [5, 5.41) is 13.7. The van der Waals surface area contributed by atoms with Crippen molar-refractivity contribution in [2.45, 2.75) is 26.4 Å². The molecule has 3 heterocycles. The number of hydrogen-bond acceptors (Lipinski definition) is 5. The highest BCUT2D eigenvalue weighted by atomic mass is 16.5. The third-order valence-corrected chi connectivity index (χ3v) is 4.70. The SMILES string of the molecule is CC1(C(=O)O)C=CN=C(n2nccc2OCc2cccc3c2OCC3)C1. The lowest BCUT2D eigenvalue weighted by molar-refractivity contribution is -0.144. The van der Waals surface area contributed by atoms with Crippen LogP contribution in [0.25, 0.3) is 0 Å². The molecule has 2 aliphatic heterocycles. The van der Waals surface area contributed by atoms with E-state index < -0.39 is 11.4 Å². The van der Waals surface area contributed by atoms with E-state index in [0.717, 1.165) is 17.7 Å². The highest BCUT2D eigenvalue weighted by molar-refractivity contribution is 5.92. The van der Waals surface area contributed by atoms with Gasteiger partial charge in [-0.1, -0.05) is 18.2 Å². The number of carboxylic acids is 1. The second-order valence-electron chi connectivity index (χ2n) is 6.63. The molecule has 0 spiro atoms. The molecule has 134 valence electrons. The summed E-state index contributed by atoms with van der Waals surface area (Å²) in [5.41, 5.74) is 1.17. The van der Waals surface area contributed by atoms with Crippen LogP contribution in [0.3, 0.4) is 0 Å². The maximum atomic E-state index is 11.5. The second kappa shape index (κ2) is 6.33. The molecule has 7 heteroatoms. The number of para-hydroxylation sites is 1. The van der Waals surface area contributed by atoms with Gasteiger partial charge in [0, 0.05) is 30.7 Å². The standard InChI is InChI=1S/C19H19N3O4/c1-19(18(23)24)7-9-20-15(11-19)22-16(5-8-21-22)26-12-14-4-2-3-13-6-10-25-17(13)14/h2-5,7-9H,6,10-12H2,1H3,(H,23,24). The summed E-state index contributed by atoms with van der Waals surface area (Å²) in [6.45, 7) is 2.70. The van der Waals surface area contributed by atoms with Gasteiger partial charge in [0.05, 0.1) is 18.2 Å². The summed E-state index contributed by atoms with van der Waals surface area (Å²) in [5.74, 6) is 1.05. The summed E-state index contributed by atoms with van der Waals surface area (Å²) in [6, 6.07) is 7.78. The third-order valence-electron chi connectivity index (χ3n) is 4.70. The number of aliphatic carboxylic acids is 1. The van der Waals surface area contributed by atoms with E-state index in [0.29, 0.717) is 24.9 Å². The molecule has 0 saturated heterocycles. The number of aromatic nitrogens is 2. The van der Waals surface area contributed by atoms with Crippen molar-refractivity contribution in [1.29, 1.82) is 0 Å². The topological polar surface area (TPSA) is 85.9 Å². The van der Waals surface area contributed by atoms with Gasteiger partial charge in [-0.25, -0.2) is 4.99 Å². The number of fused-ring (bicyclic) bond motifs is 1. The van der Waals surface area contributed by atoms with E-state index in [9.17, 15) is 9.90 Å². The van der Waals surface area contributed by atoms with Crippen molar-refractivity contribution < 1.29 is 19.4 Å². The summed E-state index contributed by atoms with van der Waals surface area (Å²) >= 11 is 0. The van der Waals surface area contributed by atoms with Gasteiger partial charge in [0.15, 0.2) is 0 Å². The molecule has 0 amide bonds. The Morgan fingerprint density at radius 2 is 2.31 bits per heavy atom. The van der Waals surface area contributed by atoms with Crippen LogP contribution in [0.4, 0.5) is 0 Å². The molecular formula is C19H19N3O4. The zero-order valence-corrected chi connectivity index (χ0v) is 14.4. The first-order valence-corrected chi connectivity index (χ1v) is 8.45. The number of ether oxygens (including phenoxy) is 2. The van der Waals surface area contributed by atoms with Crippen LogP contribution in [-0.2, 0) is 17.8 Å². The van der Waals surface area contributed by atoms with Gasteiger partial charge in [0.1, 0.15) is 18.2 Å². The Labute approximate surface area is 150 Å². The Morgan fingerprint density at radius 3 is 3.15 bits per heavy atom. The molecule has 0 fully saturated rings. The van der Waals surface area contributed by atoms with E-state index in [4.69, 9.17) is 9.47 Å². The Hall–Kier alpha value is -3.09. The minimum absolute atomic E-state index is 0.237. The molecule has 1 unspecified atom stereocenters. The molecule has 1 atom stereocenters. The van der Waals surface area contributed by atoms with Crippen LogP contribution in [0.5, 0.6) is 11.6 Å². The Kier molecular flexibility index (Phi) is 3.99. The number of nitrogens with zero attached hydrogens (tertiary/aromatic N) is 3. The smallest absolute Gasteiger partial charge is 0.313 e. The molecule has 0 aliphatic carbocycles. The fourth-order valence-electron chi connectivity index (χ4n) is 3.14. The van der Waals surface area contributed by atoms with Gasteiger partial charge in [-0.05, 0) is 18.6 Å². The molecule has 1 aromatic carbocycles. The van der Waals surface area contributed by atoms with Crippen LogP contribution in [0.2, 0.25) is 0 Å². The quantitative estimate of drug-likeness (QED) is 0.913. The number of benzene rings is 1. The average molecular weight is 353 g/mol. The zero-order valence-electron chi connectivity index (χ0n) is 14.4. The van der Waals surface area contributed by atoms with Gasteiger partial charge in [-0.2, -0.15) is 9.78 Å². The maximum Gasteiger partial charge on any atom is 0.313 e. The van der Waals surface area contributed by atoms with E-state index in [-0.39, 0.29) is 6.42 Å². The van der Waals surface area contributed by atoms with Crippen LogP contribution in [0, 0.1) is 5.41 Å². The fourth-order valence-corrected chi connectivity index (χ4v) is 3.14. The first-order valence-electron chi connectivity index (χ1n) is 8.45. The molecule has 2 aliphatic rings. The Balaban J connectivity index is 1.54. The lowest BCUT2D eigenvalue weighted by atomic mass is 9.85. The van der Waals surface area contributed by atoms with Crippen LogP contribution >= 0.6 is 0 Å². The first kappa shape index (κ1) is 16.4. The van der Waals surface area contributed by atoms with Crippen molar-refractivity contribution in [2.24, 2.45) is 10.4 Å². The molecule has 2 aromatic rings. The van der Waals surface area contributed by atoms with Gasteiger partial charge < -0.3 is 14.6 Å². The van der Waals surface area contributed by atoms with Crippen molar-refractivity contribution in [3.63, 3.8) is 0 Å². The Morgan fingerprint density at radius 1 is 1.42 bits per heavy atom. The first-order chi connectivity index (χ1) is 12.6. The van der Waals surface area contributed by atoms with Crippen LogP contribution < -0.4 is 9.47 Å². The van der Waals surface area contributed by atoms with Crippen molar-refractivity contribution in [3.05, 3.63) is 53.9 Å². The van der Waals surface area contributed by atoms with E-state index in [1.54, 1.807) is 29.9 Å². The number of hydrogen-bond donors (Lipinski definition) is 1. The lowest BCUT2D eigenvalue weighted by Gasteiger charge is -2.24. The maximum absolute atomic E-state index is 11.5. The molecule has 7 nitrogen and oxygen atoms in total. The molecule has 1 N–H and O–H groups in total. The van der Waals surface area contributed by atoms with Crippen LogP contribution in [0.1, 0.15) is 24.5 Å². The van der Waals surface area contributed by atoms with Crippen molar-refractivity contribution in [2.75, 3.05) is 6.61 Å². The number of aliphatic imine (C=N–C) groups is 1. The molecule has 26 heavy (non-hydrogen) atoms. The van der Waals surface area contributed by atoms with E-state index >= 15 is 0 Å². The predicted octanol–water partition coefficient (Wildman–Crippen LogP) is 2.65. The van der Waals surface area contributed by atoms with Gasteiger partial charge in [-0.3, -0.25) is 4.79 Å². The number of carboxylic acid groups (broad SMARTS) is 1.